The third-order valence-electron chi connectivity index (χ3n) is 5.18. The van der Waals surface area contributed by atoms with Crippen LogP contribution in [0.25, 0.3) is 0 Å². The fourth-order valence-corrected chi connectivity index (χ4v) is 3.55. The summed E-state index contributed by atoms with van der Waals surface area (Å²) < 4.78 is 5.64. The van der Waals surface area contributed by atoms with E-state index in [1.54, 1.807) is 0 Å². The van der Waals surface area contributed by atoms with Gasteiger partial charge in [-0.15, -0.1) is 0 Å². The highest BCUT2D eigenvalue weighted by molar-refractivity contribution is 5.77. The van der Waals surface area contributed by atoms with E-state index in [0.717, 1.165) is 18.8 Å². The molecule has 0 radical (unpaired) electrons. The van der Waals surface area contributed by atoms with Crippen molar-refractivity contribution in [2.24, 2.45) is 0 Å². The molecule has 0 spiro atoms. The molecule has 0 bridgehead atoms. The van der Waals surface area contributed by atoms with Gasteiger partial charge in [-0.1, -0.05) is 56.3 Å². The summed E-state index contributed by atoms with van der Waals surface area (Å²) in [6.07, 6.45) is 2.46. The molecule has 0 saturated carbocycles. The third kappa shape index (κ3) is 5.57. The summed E-state index contributed by atoms with van der Waals surface area (Å²) in [6.45, 7) is 7.16. The Bertz CT molecular complexity index is 707. The monoisotopic (exact) mass is 366 g/mol. The fourth-order valence-electron chi connectivity index (χ4n) is 3.55. The minimum atomic E-state index is -0.0805. The van der Waals surface area contributed by atoms with Gasteiger partial charge in [0.2, 0.25) is 0 Å². The predicted molar refractivity (Wildman–Crippen MR) is 109 cm³/mol. The summed E-state index contributed by atoms with van der Waals surface area (Å²) in [6, 6.07) is 18.6. The molecule has 3 rings (SSSR count). The van der Waals surface area contributed by atoms with Crippen LogP contribution in [-0.4, -0.2) is 37.0 Å². The molecular formula is C23H30N2O2. The Morgan fingerprint density at radius 2 is 1.67 bits per heavy atom. The Morgan fingerprint density at radius 3 is 2.30 bits per heavy atom. The van der Waals surface area contributed by atoms with E-state index in [0.29, 0.717) is 12.5 Å². The zero-order valence-electron chi connectivity index (χ0n) is 16.4. The van der Waals surface area contributed by atoms with Crippen molar-refractivity contribution in [2.45, 2.75) is 38.6 Å². The second-order valence-electron chi connectivity index (χ2n) is 7.49. The molecule has 4 nitrogen and oxygen atoms in total. The highest BCUT2D eigenvalue weighted by Crippen LogP contribution is 2.24. The van der Waals surface area contributed by atoms with Gasteiger partial charge in [-0.2, -0.15) is 0 Å². The molecule has 4 heteroatoms. The number of carbonyl (C=O) groups is 1. The van der Waals surface area contributed by atoms with E-state index >= 15 is 0 Å². The topological polar surface area (TPSA) is 41.6 Å². The van der Waals surface area contributed by atoms with Gasteiger partial charge >= 0.3 is 0 Å². The highest BCUT2D eigenvalue weighted by Gasteiger charge is 2.23. The summed E-state index contributed by atoms with van der Waals surface area (Å²) >= 11 is 0. The first-order chi connectivity index (χ1) is 13.1. The highest BCUT2D eigenvalue weighted by atomic mass is 16.5. The maximum absolute atomic E-state index is 12.3. The molecule has 27 heavy (non-hydrogen) atoms. The normalized spacial score (nSPS) is 15.7. The van der Waals surface area contributed by atoms with Crippen molar-refractivity contribution in [3.63, 3.8) is 0 Å². The fraction of sp³-hybridized carbons (Fsp3) is 0.435. The number of benzene rings is 2. The van der Waals surface area contributed by atoms with E-state index in [4.69, 9.17) is 4.74 Å². The van der Waals surface area contributed by atoms with E-state index in [1.807, 2.05) is 18.2 Å². The van der Waals surface area contributed by atoms with Gasteiger partial charge < -0.3 is 10.1 Å². The number of likely N-dealkylation sites (tertiary alicyclic amines) is 1. The molecule has 144 valence electrons. The summed E-state index contributed by atoms with van der Waals surface area (Å²) in [5, 5.41) is 3.05. The predicted octanol–water partition coefficient (Wildman–Crippen LogP) is 4.14. The molecule has 1 fully saturated rings. The Labute approximate surface area is 162 Å². The van der Waals surface area contributed by atoms with Crippen molar-refractivity contribution in [3.05, 3.63) is 65.7 Å². The average molecular weight is 367 g/mol. The average Bonchev–Trinajstić information content (AvgIpc) is 3.22. The number of amides is 1. The number of nitrogens with one attached hydrogen (secondary N) is 1. The standard InChI is InChI=1S/C23H30N2O2/c1-18(2)19-10-12-21(13-11-19)27-17-23(26)24-16-22(25-14-6-7-15-25)20-8-4-3-5-9-20/h3-5,8-13,18,22H,6-7,14-17H2,1-2H3,(H,24,26). The van der Waals surface area contributed by atoms with Gasteiger partial charge in [0.1, 0.15) is 5.75 Å². The number of ether oxygens (including phenoxy) is 1. The maximum Gasteiger partial charge on any atom is 0.258 e. The smallest absolute Gasteiger partial charge is 0.258 e. The zero-order chi connectivity index (χ0) is 19.1. The Morgan fingerprint density at radius 1 is 1.00 bits per heavy atom. The third-order valence-corrected chi connectivity index (χ3v) is 5.18. The first-order valence-electron chi connectivity index (χ1n) is 9.92. The minimum Gasteiger partial charge on any atom is -0.484 e. The summed E-state index contributed by atoms with van der Waals surface area (Å²) in [5.74, 6) is 1.14. The molecule has 2 aromatic carbocycles. The molecule has 1 heterocycles. The van der Waals surface area contributed by atoms with Crippen LogP contribution in [0.1, 0.15) is 49.8 Å². The lowest BCUT2D eigenvalue weighted by molar-refractivity contribution is -0.123. The number of rotatable bonds is 8. The summed E-state index contributed by atoms with van der Waals surface area (Å²) in [7, 11) is 0. The van der Waals surface area contributed by atoms with E-state index in [-0.39, 0.29) is 18.6 Å². The number of carbonyl (C=O) groups excluding carboxylic acids is 1. The molecule has 1 aliphatic rings. The van der Waals surface area contributed by atoms with Crippen LogP contribution >= 0.6 is 0 Å². The van der Waals surface area contributed by atoms with Crippen molar-refractivity contribution in [2.75, 3.05) is 26.2 Å². The number of nitrogens with zero attached hydrogens (tertiary/aromatic N) is 1. The van der Waals surface area contributed by atoms with E-state index in [1.165, 1.54) is 24.0 Å². The van der Waals surface area contributed by atoms with Crippen LogP contribution in [0.15, 0.2) is 54.6 Å². The molecule has 0 aliphatic carbocycles. The molecule has 1 N–H and O–H groups in total. The molecule has 1 aliphatic heterocycles. The van der Waals surface area contributed by atoms with Crippen LogP contribution < -0.4 is 10.1 Å². The van der Waals surface area contributed by atoms with Gasteiger partial charge in [0, 0.05) is 6.54 Å². The molecular weight excluding hydrogens is 336 g/mol. The van der Waals surface area contributed by atoms with Gasteiger partial charge in [0.15, 0.2) is 6.61 Å². The van der Waals surface area contributed by atoms with Crippen LogP contribution in [0, 0.1) is 0 Å². The minimum absolute atomic E-state index is 0.0442. The lowest BCUT2D eigenvalue weighted by Gasteiger charge is -2.28. The van der Waals surface area contributed by atoms with Gasteiger partial charge in [-0.3, -0.25) is 9.69 Å². The largest absolute Gasteiger partial charge is 0.484 e. The van der Waals surface area contributed by atoms with Crippen molar-refractivity contribution in [1.29, 1.82) is 0 Å². The quantitative estimate of drug-likeness (QED) is 0.763. The Kier molecular flexibility index (Phi) is 6.88. The zero-order valence-corrected chi connectivity index (χ0v) is 16.4. The Hall–Kier alpha value is -2.33. The summed E-state index contributed by atoms with van der Waals surface area (Å²) in [4.78, 5) is 14.7. The first-order valence-corrected chi connectivity index (χ1v) is 9.92. The number of hydrogen-bond donors (Lipinski definition) is 1. The van der Waals surface area contributed by atoms with Crippen molar-refractivity contribution >= 4 is 5.91 Å². The second-order valence-corrected chi connectivity index (χ2v) is 7.49. The molecule has 1 atom stereocenters. The van der Waals surface area contributed by atoms with Crippen LogP contribution in [0.4, 0.5) is 0 Å². The molecule has 1 unspecified atom stereocenters. The number of hydrogen-bond acceptors (Lipinski definition) is 3. The van der Waals surface area contributed by atoms with E-state index in [9.17, 15) is 4.79 Å². The van der Waals surface area contributed by atoms with Gasteiger partial charge in [-0.05, 0) is 55.1 Å². The molecule has 2 aromatic rings. The van der Waals surface area contributed by atoms with Gasteiger partial charge in [0.05, 0.1) is 6.04 Å². The summed E-state index contributed by atoms with van der Waals surface area (Å²) in [5.41, 5.74) is 2.52. The lowest BCUT2D eigenvalue weighted by atomic mass is 10.0. The maximum atomic E-state index is 12.3. The van der Waals surface area contributed by atoms with E-state index < -0.39 is 0 Å². The first kappa shape index (κ1) is 19.4. The van der Waals surface area contributed by atoms with Crippen molar-refractivity contribution in [3.8, 4) is 5.75 Å². The van der Waals surface area contributed by atoms with Gasteiger partial charge in [0.25, 0.3) is 5.91 Å². The van der Waals surface area contributed by atoms with Crippen molar-refractivity contribution < 1.29 is 9.53 Å². The van der Waals surface area contributed by atoms with Crippen molar-refractivity contribution in [1.82, 2.24) is 10.2 Å². The van der Waals surface area contributed by atoms with Crippen LogP contribution in [0.3, 0.4) is 0 Å². The Balaban J connectivity index is 1.51. The van der Waals surface area contributed by atoms with Crippen LogP contribution in [-0.2, 0) is 4.79 Å². The SMILES string of the molecule is CC(C)c1ccc(OCC(=O)NCC(c2ccccc2)N2CCCC2)cc1. The van der Waals surface area contributed by atoms with E-state index in [2.05, 4.69) is 60.5 Å². The van der Waals surface area contributed by atoms with Crippen LogP contribution in [0.5, 0.6) is 5.75 Å². The molecule has 1 saturated heterocycles. The van der Waals surface area contributed by atoms with Gasteiger partial charge in [-0.25, -0.2) is 0 Å². The molecule has 1 amide bonds. The van der Waals surface area contributed by atoms with Crippen LogP contribution in [0.2, 0.25) is 0 Å². The molecule has 0 aromatic heterocycles. The second kappa shape index (κ2) is 9.56. The lowest BCUT2D eigenvalue weighted by Crippen LogP contribution is -2.38.